The van der Waals surface area contributed by atoms with Crippen LogP contribution in [0.15, 0.2) is 4.99 Å². The van der Waals surface area contributed by atoms with Crippen molar-refractivity contribution in [2.45, 2.75) is 34.1 Å². The first-order valence-corrected chi connectivity index (χ1v) is 6.49. The number of hydrogen-bond donors (Lipinski definition) is 2. The molecule has 3 N–H and O–H groups in total. The molecule has 0 fully saturated rings. The molecule has 0 aromatic heterocycles. The van der Waals surface area contributed by atoms with Gasteiger partial charge in [-0.2, -0.15) is 0 Å². The summed E-state index contributed by atoms with van der Waals surface area (Å²) < 4.78 is 5.27. The average molecular weight is 244 g/mol. The van der Waals surface area contributed by atoms with Crippen LogP contribution >= 0.6 is 0 Å². The fourth-order valence-electron chi connectivity index (χ4n) is 1.54. The van der Waals surface area contributed by atoms with Gasteiger partial charge in [-0.25, -0.2) is 5.84 Å². The van der Waals surface area contributed by atoms with Gasteiger partial charge in [0.25, 0.3) is 0 Å². The molecule has 0 radical (unpaired) electrons. The van der Waals surface area contributed by atoms with Gasteiger partial charge in [-0.05, 0) is 26.2 Å². The third kappa shape index (κ3) is 7.99. The predicted octanol–water partition coefficient (Wildman–Crippen LogP) is 1.21. The number of rotatable bonds is 8. The smallest absolute Gasteiger partial charge is 0.208 e. The lowest BCUT2D eigenvalue weighted by molar-refractivity contribution is 0.146. The summed E-state index contributed by atoms with van der Waals surface area (Å²) in [5.41, 5.74) is 2.68. The van der Waals surface area contributed by atoms with Gasteiger partial charge < -0.3 is 9.64 Å². The van der Waals surface area contributed by atoms with E-state index >= 15 is 0 Å². The van der Waals surface area contributed by atoms with Crippen LogP contribution in [-0.2, 0) is 4.74 Å². The van der Waals surface area contributed by atoms with E-state index in [1.807, 2.05) is 6.92 Å². The monoisotopic (exact) mass is 244 g/mol. The molecule has 102 valence electrons. The van der Waals surface area contributed by atoms with E-state index in [1.165, 1.54) is 0 Å². The standard InChI is InChI=1S/C12H28N4O/c1-5-16(10-11(3)4)12(15-13)14-8-7-9-17-6-2/h11H,5-10,13H2,1-4H3,(H,14,15). The van der Waals surface area contributed by atoms with Crippen LogP contribution in [-0.4, -0.2) is 43.7 Å². The van der Waals surface area contributed by atoms with Crippen LogP contribution in [0.2, 0.25) is 0 Å². The topological polar surface area (TPSA) is 62.9 Å². The van der Waals surface area contributed by atoms with Crippen LogP contribution in [0, 0.1) is 5.92 Å². The zero-order chi connectivity index (χ0) is 13.1. The molecule has 0 bridgehead atoms. The highest BCUT2D eigenvalue weighted by molar-refractivity contribution is 5.79. The zero-order valence-electron chi connectivity index (χ0n) is 11.7. The Morgan fingerprint density at radius 2 is 2.12 bits per heavy atom. The van der Waals surface area contributed by atoms with Crippen molar-refractivity contribution in [1.29, 1.82) is 0 Å². The fraction of sp³-hybridized carbons (Fsp3) is 0.917. The highest BCUT2D eigenvalue weighted by atomic mass is 16.5. The molecule has 0 amide bonds. The van der Waals surface area contributed by atoms with E-state index in [-0.39, 0.29) is 0 Å². The van der Waals surface area contributed by atoms with Gasteiger partial charge in [0, 0.05) is 32.8 Å². The Morgan fingerprint density at radius 3 is 2.59 bits per heavy atom. The molecule has 0 aliphatic carbocycles. The molecule has 0 aromatic carbocycles. The van der Waals surface area contributed by atoms with Crippen molar-refractivity contribution >= 4 is 5.96 Å². The first-order valence-electron chi connectivity index (χ1n) is 6.49. The van der Waals surface area contributed by atoms with E-state index in [2.05, 4.69) is 36.1 Å². The molecule has 5 heteroatoms. The van der Waals surface area contributed by atoms with Crippen molar-refractivity contribution < 1.29 is 4.74 Å². The van der Waals surface area contributed by atoms with Gasteiger partial charge in [0.05, 0.1) is 0 Å². The summed E-state index contributed by atoms with van der Waals surface area (Å²) in [5, 5.41) is 0. The Morgan fingerprint density at radius 1 is 1.41 bits per heavy atom. The quantitative estimate of drug-likeness (QED) is 0.221. The lowest BCUT2D eigenvalue weighted by Crippen LogP contribution is -2.46. The van der Waals surface area contributed by atoms with Crippen LogP contribution in [0.3, 0.4) is 0 Å². The minimum atomic E-state index is 0.594. The van der Waals surface area contributed by atoms with Gasteiger partial charge in [0.2, 0.25) is 5.96 Å². The second-order valence-electron chi connectivity index (χ2n) is 4.33. The lowest BCUT2D eigenvalue weighted by Gasteiger charge is -2.25. The van der Waals surface area contributed by atoms with Gasteiger partial charge in [-0.15, -0.1) is 0 Å². The second kappa shape index (κ2) is 10.4. The van der Waals surface area contributed by atoms with Crippen LogP contribution in [0.5, 0.6) is 0 Å². The van der Waals surface area contributed by atoms with E-state index in [0.717, 1.165) is 45.2 Å². The van der Waals surface area contributed by atoms with Crippen LogP contribution in [0.4, 0.5) is 0 Å². The summed E-state index contributed by atoms with van der Waals surface area (Å²) in [7, 11) is 0. The average Bonchev–Trinajstić information content (AvgIpc) is 2.31. The summed E-state index contributed by atoms with van der Waals surface area (Å²) >= 11 is 0. The van der Waals surface area contributed by atoms with Crippen molar-refractivity contribution in [2.24, 2.45) is 16.8 Å². The van der Waals surface area contributed by atoms with E-state index in [1.54, 1.807) is 0 Å². The van der Waals surface area contributed by atoms with E-state index < -0.39 is 0 Å². The van der Waals surface area contributed by atoms with Crippen molar-refractivity contribution in [3.63, 3.8) is 0 Å². The Balaban J connectivity index is 4.11. The number of guanidine groups is 1. The molecule has 0 atom stereocenters. The largest absolute Gasteiger partial charge is 0.382 e. The van der Waals surface area contributed by atoms with Crippen molar-refractivity contribution in [1.82, 2.24) is 10.3 Å². The van der Waals surface area contributed by atoms with E-state index in [9.17, 15) is 0 Å². The zero-order valence-corrected chi connectivity index (χ0v) is 11.7. The molecular formula is C12H28N4O. The minimum Gasteiger partial charge on any atom is -0.382 e. The first-order chi connectivity index (χ1) is 8.15. The molecule has 0 saturated heterocycles. The number of hydrogen-bond acceptors (Lipinski definition) is 3. The van der Waals surface area contributed by atoms with Crippen molar-refractivity contribution in [2.75, 3.05) is 32.8 Å². The number of ether oxygens (including phenoxy) is 1. The lowest BCUT2D eigenvalue weighted by atomic mass is 10.2. The third-order valence-corrected chi connectivity index (χ3v) is 2.31. The fourth-order valence-corrected chi connectivity index (χ4v) is 1.54. The molecule has 0 aliphatic heterocycles. The number of hydrazine groups is 1. The van der Waals surface area contributed by atoms with Crippen LogP contribution < -0.4 is 11.3 Å². The van der Waals surface area contributed by atoms with E-state index in [4.69, 9.17) is 10.6 Å². The Labute approximate surface area is 105 Å². The van der Waals surface area contributed by atoms with Gasteiger partial charge in [0.1, 0.15) is 0 Å². The Hall–Kier alpha value is -0.810. The van der Waals surface area contributed by atoms with Gasteiger partial charge >= 0.3 is 0 Å². The maximum absolute atomic E-state index is 5.51. The highest BCUT2D eigenvalue weighted by Crippen LogP contribution is 1.99. The third-order valence-electron chi connectivity index (χ3n) is 2.31. The normalized spacial score (nSPS) is 12.0. The van der Waals surface area contributed by atoms with Gasteiger partial charge in [-0.3, -0.25) is 10.4 Å². The molecule has 0 aliphatic rings. The maximum atomic E-state index is 5.51. The summed E-state index contributed by atoms with van der Waals surface area (Å²) in [4.78, 5) is 6.62. The maximum Gasteiger partial charge on any atom is 0.208 e. The molecule has 0 saturated carbocycles. The molecular weight excluding hydrogens is 216 g/mol. The van der Waals surface area contributed by atoms with Gasteiger partial charge in [-0.1, -0.05) is 13.8 Å². The van der Waals surface area contributed by atoms with E-state index in [0.29, 0.717) is 5.92 Å². The summed E-state index contributed by atoms with van der Waals surface area (Å²) in [6, 6.07) is 0. The number of nitrogens with two attached hydrogens (primary N) is 1. The second-order valence-corrected chi connectivity index (χ2v) is 4.33. The highest BCUT2D eigenvalue weighted by Gasteiger charge is 2.09. The first kappa shape index (κ1) is 16.2. The van der Waals surface area contributed by atoms with Crippen molar-refractivity contribution in [3.8, 4) is 0 Å². The Bertz CT molecular complexity index is 207. The number of aliphatic imine (C=N–C) groups is 1. The number of nitrogens with one attached hydrogen (secondary N) is 1. The molecule has 0 unspecified atom stereocenters. The summed E-state index contributed by atoms with van der Waals surface area (Å²) in [6.45, 7) is 12.6. The number of nitrogens with zero attached hydrogens (tertiary/aromatic N) is 2. The van der Waals surface area contributed by atoms with Crippen LogP contribution in [0.25, 0.3) is 0 Å². The minimum absolute atomic E-state index is 0.594. The molecule has 5 nitrogen and oxygen atoms in total. The molecule has 0 aromatic rings. The molecule has 0 heterocycles. The van der Waals surface area contributed by atoms with Crippen LogP contribution in [0.1, 0.15) is 34.1 Å². The summed E-state index contributed by atoms with van der Waals surface area (Å²) in [5.74, 6) is 6.88. The molecule has 17 heavy (non-hydrogen) atoms. The molecule has 0 spiro atoms. The predicted molar refractivity (Wildman–Crippen MR) is 72.8 cm³/mol. The summed E-state index contributed by atoms with van der Waals surface area (Å²) in [6.07, 6.45) is 0.929. The van der Waals surface area contributed by atoms with Gasteiger partial charge in [0.15, 0.2) is 0 Å². The van der Waals surface area contributed by atoms with Crippen molar-refractivity contribution in [3.05, 3.63) is 0 Å². The molecule has 0 rings (SSSR count). The SMILES string of the molecule is CCOCCCN=C(NN)N(CC)CC(C)C. The Kier molecular flexibility index (Phi) is 9.86.